The van der Waals surface area contributed by atoms with Crippen LogP contribution in [0.5, 0.6) is 5.75 Å². The van der Waals surface area contributed by atoms with E-state index < -0.39 is 10.0 Å². The van der Waals surface area contributed by atoms with Crippen molar-refractivity contribution in [3.05, 3.63) is 53.8 Å². The van der Waals surface area contributed by atoms with Crippen LogP contribution in [0.2, 0.25) is 0 Å². The molecule has 1 heterocycles. The summed E-state index contributed by atoms with van der Waals surface area (Å²) in [4.78, 5) is 16.2. The molecular formula is C21H26FN3O4S. The molecule has 0 radical (unpaired) electrons. The fourth-order valence-electron chi connectivity index (χ4n) is 3.43. The Kier molecular flexibility index (Phi) is 6.62. The molecule has 0 bridgehead atoms. The lowest BCUT2D eigenvalue weighted by Gasteiger charge is -2.36. The number of rotatable bonds is 6. The van der Waals surface area contributed by atoms with Gasteiger partial charge in [-0.05, 0) is 36.8 Å². The second-order valence-corrected chi connectivity index (χ2v) is 9.25. The number of ether oxygens (including phenoxy) is 1. The van der Waals surface area contributed by atoms with E-state index in [1.165, 1.54) is 26.3 Å². The predicted octanol–water partition coefficient (Wildman–Crippen LogP) is 2.11. The summed E-state index contributed by atoms with van der Waals surface area (Å²) in [6.07, 6.45) is 0. The van der Waals surface area contributed by atoms with E-state index in [0.29, 0.717) is 31.9 Å². The summed E-state index contributed by atoms with van der Waals surface area (Å²) in [5.74, 6) is -0.352. The number of aryl methyl sites for hydroxylation is 1. The number of likely N-dealkylation sites (N-methyl/N-ethyl adjacent to an activating group) is 1. The number of para-hydroxylation sites is 1. The number of nitrogens with zero attached hydrogens (tertiary/aromatic N) is 3. The number of hydrogen-bond acceptors (Lipinski definition) is 5. The minimum atomic E-state index is -3.90. The number of benzene rings is 2. The maximum absolute atomic E-state index is 14.0. The van der Waals surface area contributed by atoms with Crippen LogP contribution in [0.1, 0.15) is 5.56 Å². The second kappa shape index (κ2) is 9.01. The van der Waals surface area contributed by atoms with Gasteiger partial charge in [-0.3, -0.25) is 4.79 Å². The van der Waals surface area contributed by atoms with E-state index in [-0.39, 0.29) is 28.9 Å². The number of methoxy groups -OCH3 is 1. The van der Waals surface area contributed by atoms with E-state index in [4.69, 9.17) is 4.74 Å². The third-order valence-corrected chi connectivity index (χ3v) is 7.02. The maximum Gasteiger partial charge on any atom is 0.246 e. The Hall–Kier alpha value is -2.65. The van der Waals surface area contributed by atoms with Crippen LogP contribution in [-0.4, -0.2) is 70.4 Å². The van der Waals surface area contributed by atoms with Crippen molar-refractivity contribution < 1.29 is 22.3 Å². The van der Waals surface area contributed by atoms with Crippen molar-refractivity contribution in [2.45, 2.75) is 11.8 Å². The van der Waals surface area contributed by atoms with Gasteiger partial charge >= 0.3 is 0 Å². The Morgan fingerprint density at radius 3 is 2.43 bits per heavy atom. The van der Waals surface area contributed by atoms with Crippen LogP contribution in [0.4, 0.5) is 10.1 Å². The molecule has 0 aromatic heterocycles. The van der Waals surface area contributed by atoms with Gasteiger partial charge in [-0.25, -0.2) is 12.8 Å². The van der Waals surface area contributed by atoms with Crippen LogP contribution in [0.3, 0.4) is 0 Å². The lowest BCUT2D eigenvalue weighted by Crippen LogP contribution is -2.51. The predicted molar refractivity (Wildman–Crippen MR) is 113 cm³/mol. The zero-order valence-corrected chi connectivity index (χ0v) is 18.2. The largest absolute Gasteiger partial charge is 0.495 e. The number of carbonyl (C=O) groups is 1. The fourth-order valence-corrected chi connectivity index (χ4v) is 4.79. The first-order valence-corrected chi connectivity index (χ1v) is 11.1. The summed E-state index contributed by atoms with van der Waals surface area (Å²) in [5, 5.41) is 0. The summed E-state index contributed by atoms with van der Waals surface area (Å²) in [5.41, 5.74) is 1.29. The van der Waals surface area contributed by atoms with Crippen LogP contribution < -0.4 is 9.64 Å². The van der Waals surface area contributed by atoms with E-state index in [2.05, 4.69) is 0 Å². The van der Waals surface area contributed by atoms with Crippen molar-refractivity contribution in [1.82, 2.24) is 9.21 Å². The summed E-state index contributed by atoms with van der Waals surface area (Å²) < 4.78 is 46.2. The molecule has 3 rings (SSSR count). The highest BCUT2D eigenvalue weighted by atomic mass is 32.2. The lowest BCUT2D eigenvalue weighted by atomic mass is 10.2. The lowest BCUT2D eigenvalue weighted by molar-refractivity contribution is -0.131. The van der Waals surface area contributed by atoms with Gasteiger partial charge in [0.05, 0.1) is 19.3 Å². The number of carbonyl (C=O) groups excluding carboxylic acids is 1. The highest BCUT2D eigenvalue weighted by Crippen LogP contribution is 2.27. The summed E-state index contributed by atoms with van der Waals surface area (Å²) in [7, 11) is -1.11. The summed E-state index contributed by atoms with van der Waals surface area (Å²) in [6.45, 7) is 3.27. The Bertz CT molecular complexity index is 1020. The molecular weight excluding hydrogens is 409 g/mol. The van der Waals surface area contributed by atoms with Crippen LogP contribution in [0.25, 0.3) is 0 Å². The van der Waals surface area contributed by atoms with Crippen molar-refractivity contribution in [3.8, 4) is 5.75 Å². The minimum absolute atomic E-state index is 0.0321. The fraction of sp³-hybridized carbons (Fsp3) is 0.381. The summed E-state index contributed by atoms with van der Waals surface area (Å²) >= 11 is 0. The van der Waals surface area contributed by atoms with Crippen molar-refractivity contribution in [1.29, 1.82) is 0 Å². The first-order valence-electron chi connectivity index (χ1n) is 9.62. The molecule has 1 aliphatic heterocycles. The van der Waals surface area contributed by atoms with Crippen LogP contribution >= 0.6 is 0 Å². The average Bonchev–Trinajstić information content (AvgIpc) is 2.74. The van der Waals surface area contributed by atoms with Gasteiger partial charge in [-0.15, -0.1) is 0 Å². The zero-order chi connectivity index (χ0) is 21.9. The van der Waals surface area contributed by atoms with Crippen molar-refractivity contribution in [3.63, 3.8) is 0 Å². The van der Waals surface area contributed by atoms with E-state index >= 15 is 0 Å². The summed E-state index contributed by atoms with van der Waals surface area (Å²) in [6, 6.07) is 11.4. The van der Waals surface area contributed by atoms with Gasteiger partial charge < -0.3 is 14.5 Å². The highest BCUT2D eigenvalue weighted by molar-refractivity contribution is 7.89. The van der Waals surface area contributed by atoms with Crippen LogP contribution in [0.15, 0.2) is 47.4 Å². The Morgan fingerprint density at radius 2 is 1.80 bits per heavy atom. The first-order chi connectivity index (χ1) is 14.2. The average molecular weight is 436 g/mol. The SMILES string of the molecule is COc1ccc(C)cc1S(=O)(=O)N(C)CC(=O)N1CCN(c2ccccc2F)CC1. The Morgan fingerprint density at radius 1 is 1.13 bits per heavy atom. The van der Waals surface area contributed by atoms with Gasteiger partial charge in [0, 0.05) is 33.2 Å². The monoisotopic (exact) mass is 435 g/mol. The molecule has 0 N–H and O–H groups in total. The number of hydrogen-bond donors (Lipinski definition) is 0. The standard InChI is InChI=1S/C21H26FN3O4S/c1-16-8-9-19(29-3)20(14-16)30(27,28)23(2)15-21(26)25-12-10-24(11-13-25)18-7-5-4-6-17(18)22/h4-9,14H,10-13,15H2,1-3H3. The number of sulfonamides is 1. The molecule has 1 amide bonds. The molecule has 162 valence electrons. The van der Waals surface area contributed by atoms with Crippen molar-refractivity contribution >= 4 is 21.6 Å². The second-order valence-electron chi connectivity index (χ2n) is 7.23. The van der Waals surface area contributed by atoms with Crippen molar-refractivity contribution in [2.24, 2.45) is 0 Å². The number of piperazine rings is 1. The molecule has 30 heavy (non-hydrogen) atoms. The molecule has 2 aromatic rings. The zero-order valence-electron chi connectivity index (χ0n) is 17.3. The molecule has 7 nitrogen and oxygen atoms in total. The maximum atomic E-state index is 14.0. The van der Waals surface area contributed by atoms with Gasteiger partial charge in [-0.1, -0.05) is 18.2 Å². The van der Waals surface area contributed by atoms with Gasteiger partial charge in [0.2, 0.25) is 15.9 Å². The van der Waals surface area contributed by atoms with Gasteiger partial charge in [0.15, 0.2) is 0 Å². The highest BCUT2D eigenvalue weighted by Gasteiger charge is 2.29. The first kappa shape index (κ1) is 22.0. The molecule has 0 atom stereocenters. The smallest absolute Gasteiger partial charge is 0.246 e. The van der Waals surface area contributed by atoms with E-state index in [0.717, 1.165) is 9.87 Å². The number of anilines is 1. The molecule has 0 unspecified atom stereocenters. The molecule has 2 aromatic carbocycles. The number of halogens is 1. The quantitative estimate of drug-likeness (QED) is 0.695. The van der Waals surface area contributed by atoms with Gasteiger partial charge in [0.25, 0.3) is 0 Å². The van der Waals surface area contributed by atoms with Gasteiger partial charge in [-0.2, -0.15) is 4.31 Å². The molecule has 1 aliphatic rings. The van der Waals surface area contributed by atoms with Crippen LogP contribution in [-0.2, 0) is 14.8 Å². The minimum Gasteiger partial charge on any atom is -0.495 e. The third-order valence-electron chi connectivity index (χ3n) is 5.19. The topological polar surface area (TPSA) is 70.2 Å². The van der Waals surface area contributed by atoms with E-state index in [1.54, 1.807) is 42.2 Å². The van der Waals surface area contributed by atoms with Crippen LogP contribution in [0, 0.1) is 12.7 Å². The normalized spacial score (nSPS) is 14.8. The molecule has 1 saturated heterocycles. The Balaban J connectivity index is 1.65. The van der Waals surface area contributed by atoms with E-state index in [1.807, 2.05) is 4.90 Å². The molecule has 1 fully saturated rings. The molecule has 0 spiro atoms. The molecule has 0 aliphatic carbocycles. The number of amides is 1. The van der Waals surface area contributed by atoms with E-state index in [9.17, 15) is 17.6 Å². The van der Waals surface area contributed by atoms with Crippen molar-refractivity contribution in [2.75, 3.05) is 51.8 Å². The third kappa shape index (κ3) is 4.57. The Labute approximate surface area is 176 Å². The van der Waals surface area contributed by atoms with Gasteiger partial charge in [0.1, 0.15) is 16.5 Å². The molecule has 9 heteroatoms. The molecule has 0 saturated carbocycles.